The van der Waals surface area contributed by atoms with Gasteiger partial charge >= 0.3 is 24.3 Å². The first-order valence-corrected chi connectivity index (χ1v) is 18.8. The Kier molecular flexibility index (Phi) is 11.6. The van der Waals surface area contributed by atoms with Crippen molar-refractivity contribution in [3.05, 3.63) is 157 Å². The van der Waals surface area contributed by atoms with Gasteiger partial charge < -0.3 is 10.2 Å². The summed E-state index contributed by atoms with van der Waals surface area (Å²) in [5, 5.41) is 36.2. The van der Waals surface area contributed by atoms with Crippen molar-refractivity contribution in [3.8, 4) is 0 Å². The van der Waals surface area contributed by atoms with E-state index < -0.39 is 35.4 Å². The van der Waals surface area contributed by atoms with Gasteiger partial charge in [-0.3, -0.25) is 9.97 Å². The maximum Gasteiger partial charge on any atom is 0.430 e. The van der Waals surface area contributed by atoms with E-state index in [1.807, 2.05) is 0 Å². The number of pyridine rings is 2. The topological polar surface area (TPSA) is 150 Å². The van der Waals surface area contributed by atoms with E-state index in [0.29, 0.717) is 22.9 Å². The number of aromatic nitrogens is 2. The van der Waals surface area contributed by atoms with Gasteiger partial charge in [0.05, 0.1) is 11.4 Å². The molecule has 0 saturated carbocycles. The summed E-state index contributed by atoms with van der Waals surface area (Å²) >= 11 is 0. The summed E-state index contributed by atoms with van der Waals surface area (Å²) in [6.45, 7) is 2.31. The van der Waals surface area contributed by atoms with E-state index in [1.165, 1.54) is 23.0 Å². The van der Waals surface area contributed by atoms with Gasteiger partial charge in [0.15, 0.2) is 0 Å². The van der Waals surface area contributed by atoms with E-state index in [4.69, 9.17) is 10.2 Å². The molecule has 4 aromatic carbocycles. The molecule has 10 nitrogen and oxygen atoms in total. The molecule has 58 heavy (non-hydrogen) atoms. The molecule has 2 aliphatic heterocycles. The van der Waals surface area contributed by atoms with Crippen LogP contribution in [0.4, 0.5) is 26.3 Å². The summed E-state index contributed by atoms with van der Waals surface area (Å²) in [6, 6.07) is 38.6. The largest absolute Gasteiger partial charge is 0.479 e. The van der Waals surface area contributed by atoms with Crippen LogP contribution in [-0.4, -0.2) is 62.2 Å². The van der Waals surface area contributed by atoms with Crippen molar-refractivity contribution in [2.45, 2.75) is 23.4 Å². The van der Waals surface area contributed by atoms with Crippen LogP contribution in [0.3, 0.4) is 0 Å². The lowest BCUT2D eigenvalue weighted by Gasteiger charge is -2.20. The van der Waals surface area contributed by atoms with Crippen molar-refractivity contribution < 1.29 is 46.1 Å². The molecule has 0 amide bonds. The number of rotatable bonds is 6. The molecule has 2 N–H and O–H groups in total. The fraction of sp³-hybridized carbons (Fsp3) is 0.122. The zero-order valence-electron chi connectivity index (χ0n) is 30.0. The van der Waals surface area contributed by atoms with Gasteiger partial charge in [0, 0.05) is 23.2 Å². The number of hydrogen-bond acceptors (Lipinski definition) is 8. The van der Waals surface area contributed by atoms with Gasteiger partial charge in [-0.25, -0.2) is 9.59 Å². The molecular formula is C41H29F6N6O4P. The number of azo groups is 2. The van der Waals surface area contributed by atoms with Gasteiger partial charge in [-0.05, 0) is 60.3 Å². The molecule has 17 heteroatoms. The van der Waals surface area contributed by atoms with Crippen LogP contribution in [0.15, 0.2) is 166 Å². The zero-order chi connectivity index (χ0) is 41.7. The Bertz CT molecular complexity index is 2410. The quantitative estimate of drug-likeness (QED) is 0.126. The van der Waals surface area contributed by atoms with Gasteiger partial charge in [-0.1, -0.05) is 109 Å². The summed E-state index contributed by atoms with van der Waals surface area (Å²) in [6.07, 6.45) is -6.36. The predicted molar refractivity (Wildman–Crippen MR) is 207 cm³/mol. The highest BCUT2D eigenvalue weighted by Crippen LogP contribution is 2.44. The molecule has 6 aromatic rings. The minimum absolute atomic E-state index is 0.161. The van der Waals surface area contributed by atoms with Crippen LogP contribution in [-0.2, 0) is 9.59 Å². The number of hydrogen-bond donors (Lipinski definition) is 2. The number of carbonyl (C=O) groups is 2. The maximum absolute atomic E-state index is 13.1. The Morgan fingerprint density at radius 2 is 0.879 bits per heavy atom. The highest BCUT2D eigenvalue weighted by molar-refractivity contribution is 7.72. The monoisotopic (exact) mass is 814 g/mol. The maximum atomic E-state index is 13.1. The number of fused-ring (bicyclic) bond motifs is 2. The van der Waals surface area contributed by atoms with Crippen LogP contribution >= 0.6 is 7.92 Å². The summed E-state index contributed by atoms with van der Waals surface area (Å²) in [4.78, 5) is 30.2. The number of halogens is 6. The van der Waals surface area contributed by atoms with Gasteiger partial charge in [0.1, 0.15) is 11.4 Å². The molecule has 2 aromatic heterocycles. The van der Waals surface area contributed by atoms with Crippen LogP contribution in [0.25, 0.3) is 32.9 Å². The summed E-state index contributed by atoms with van der Waals surface area (Å²) in [5.41, 5.74) is -6.82. The zero-order valence-corrected chi connectivity index (χ0v) is 30.9. The molecule has 0 aliphatic carbocycles. The molecule has 0 fully saturated rings. The van der Waals surface area contributed by atoms with Crippen LogP contribution < -0.4 is 10.6 Å². The second-order valence-electron chi connectivity index (χ2n) is 12.6. The van der Waals surface area contributed by atoms with Crippen molar-refractivity contribution >= 4 is 63.4 Å². The number of carboxylic acids is 2. The normalized spacial score (nSPS) is 18.6. The van der Waals surface area contributed by atoms with E-state index in [2.05, 4.69) is 97.8 Å². The SMILES string of the molecule is CP(c1ccccc1)c1ccccc1.O=C(O)C1(C(F)(F)F)C=C(c2nccc3ccccc23)N=N1.O=C(O)C1(C(F)(F)F)C=C(c2nccc3ccccc23)N=N1. The molecule has 2 aliphatic rings. The Labute approximate surface area is 326 Å². The summed E-state index contributed by atoms with van der Waals surface area (Å²) in [5.74, 6) is -4.25. The lowest BCUT2D eigenvalue weighted by Crippen LogP contribution is -2.47. The number of alkyl halides is 6. The van der Waals surface area contributed by atoms with Gasteiger partial charge in [-0.15, -0.1) is 0 Å². The highest BCUT2D eigenvalue weighted by atomic mass is 31.1. The fourth-order valence-corrected chi connectivity index (χ4v) is 7.37. The Balaban J connectivity index is 0.000000151. The van der Waals surface area contributed by atoms with Crippen LogP contribution in [0.5, 0.6) is 0 Å². The second-order valence-corrected chi connectivity index (χ2v) is 14.7. The molecule has 4 heterocycles. The first kappa shape index (κ1) is 41.0. The second kappa shape index (κ2) is 16.4. The van der Waals surface area contributed by atoms with Crippen molar-refractivity contribution in [2.75, 3.05) is 6.66 Å². The van der Waals surface area contributed by atoms with Crippen molar-refractivity contribution in [3.63, 3.8) is 0 Å². The van der Waals surface area contributed by atoms with Crippen molar-refractivity contribution in [1.82, 2.24) is 9.97 Å². The Morgan fingerprint density at radius 3 is 1.21 bits per heavy atom. The van der Waals surface area contributed by atoms with Gasteiger partial charge in [-0.2, -0.15) is 46.8 Å². The molecular weight excluding hydrogens is 785 g/mol. The van der Waals surface area contributed by atoms with Crippen molar-refractivity contribution in [2.24, 2.45) is 20.5 Å². The molecule has 0 saturated heterocycles. The molecule has 2 unspecified atom stereocenters. The van der Waals surface area contributed by atoms with E-state index in [0.717, 1.165) is 10.8 Å². The minimum Gasteiger partial charge on any atom is -0.479 e. The number of benzene rings is 4. The number of aliphatic carboxylic acids is 2. The van der Waals surface area contributed by atoms with Crippen LogP contribution in [0, 0.1) is 0 Å². The third-order valence-electron chi connectivity index (χ3n) is 8.96. The predicted octanol–water partition coefficient (Wildman–Crippen LogP) is 9.60. The smallest absolute Gasteiger partial charge is 0.430 e. The standard InChI is InChI=1S/2C14H8F3N3O2.C13H13P/c2*15-14(16,17)13(12(21)22)7-10(19-20-13)11-9-4-2-1-3-8(9)5-6-18-11;1-14(12-8-4-2-5-9-12)13-10-6-3-7-11-13/h2*1-7H,(H,21,22);2-11H,1H3. The van der Waals surface area contributed by atoms with E-state index in [1.54, 1.807) is 60.7 Å². The third-order valence-corrected chi connectivity index (χ3v) is 11.1. The Morgan fingerprint density at radius 1 is 0.534 bits per heavy atom. The van der Waals surface area contributed by atoms with Crippen LogP contribution in [0.1, 0.15) is 11.4 Å². The first-order chi connectivity index (χ1) is 27.6. The lowest BCUT2D eigenvalue weighted by molar-refractivity contribution is -0.192. The van der Waals surface area contributed by atoms with E-state index >= 15 is 0 Å². The molecule has 0 bridgehead atoms. The number of carboxylic acid groups (broad SMARTS) is 2. The molecule has 0 radical (unpaired) electrons. The molecule has 294 valence electrons. The summed E-state index contributed by atoms with van der Waals surface area (Å²) < 4.78 is 78.4. The fourth-order valence-electron chi connectivity index (χ4n) is 5.84. The van der Waals surface area contributed by atoms with Crippen LogP contribution in [0.2, 0.25) is 0 Å². The average molecular weight is 815 g/mol. The van der Waals surface area contributed by atoms with Gasteiger partial charge in [0.2, 0.25) is 0 Å². The van der Waals surface area contributed by atoms with Crippen molar-refractivity contribution in [1.29, 1.82) is 0 Å². The first-order valence-electron chi connectivity index (χ1n) is 17.0. The highest BCUT2D eigenvalue weighted by Gasteiger charge is 2.64. The average Bonchev–Trinajstić information content (AvgIpc) is 3.90. The molecule has 2 atom stereocenters. The third kappa shape index (κ3) is 8.09. The number of nitrogens with zero attached hydrogens (tertiary/aromatic N) is 6. The van der Waals surface area contributed by atoms with E-state index in [9.17, 15) is 35.9 Å². The summed E-state index contributed by atoms with van der Waals surface area (Å²) in [7, 11) is -0.171. The lowest BCUT2D eigenvalue weighted by atomic mass is 9.98. The minimum atomic E-state index is -5.09. The molecule has 0 spiro atoms. The van der Waals surface area contributed by atoms with E-state index in [-0.39, 0.29) is 30.7 Å². The Hall–Kier alpha value is -6.67. The molecule has 8 rings (SSSR count). The van der Waals surface area contributed by atoms with Gasteiger partial charge in [0.25, 0.3) is 11.1 Å².